The third-order valence-corrected chi connectivity index (χ3v) is 4.01. The van der Waals surface area contributed by atoms with Crippen molar-refractivity contribution in [1.82, 2.24) is 9.88 Å². The standard InChI is InChI=1S/C19H23FN2O3/c1-19(2,3)25-18(23)22-11-9-15(14(20)12-22)24-16-8-4-6-13-7-5-10-21-17(13)16/h4-8,10,14-15H,9,11-12H2,1-3H3/t14-,15-/m1/s1. The van der Waals surface area contributed by atoms with Gasteiger partial charge < -0.3 is 14.4 Å². The van der Waals surface area contributed by atoms with Gasteiger partial charge in [-0.15, -0.1) is 0 Å². The van der Waals surface area contributed by atoms with Crippen molar-refractivity contribution in [2.45, 2.75) is 45.1 Å². The molecule has 2 heterocycles. The molecule has 134 valence electrons. The molecule has 1 amide bonds. The lowest BCUT2D eigenvalue weighted by Crippen LogP contribution is -2.50. The zero-order valence-electron chi connectivity index (χ0n) is 14.7. The summed E-state index contributed by atoms with van der Waals surface area (Å²) in [6.45, 7) is 5.75. The number of benzene rings is 1. The summed E-state index contributed by atoms with van der Waals surface area (Å²) < 4.78 is 25.8. The molecule has 0 aliphatic carbocycles. The Kier molecular flexibility index (Phi) is 4.79. The van der Waals surface area contributed by atoms with Crippen LogP contribution in [0, 0.1) is 0 Å². The Morgan fingerprint density at radius 2 is 2.04 bits per heavy atom. The molecule has 1 saturated heterocycles. The second kappa shape index (κ2) is 6.86. The number of pyridine rings is 1. The molecule has 0 N–H and O–H groups in total. The number of alkyl halides is 1. The van der Waals surface area contributed by atoms with Gasteiger partial charge in [-0.2, -0.15) is 0 Å². The molecule has 3 rings (SSSR count). The maximum absolute atomic E-state index is 14.6. The second-order valence-electron chi connectivity index (χ2n) is 7.22. The van der Waals surface area contributed by atoms with Gasteiger partial charge in [-0.3, -0.25) is 4.98 Å². The number of ether oxygens (including phenoxy) is 2. The molecule has 25 heavy (non-hydrogen) atoms. The maximum Gasteiger partial charge on any atom is 0.410 e. The van der Waals surface area contributed by atoms with Crippen LogP contribution in [0.3, 0.4) is 0 Å². The zero-order chi connectivity index (χ0) is 18.0. The first-order valence-corrected chi connectivity index (χ1v) is 8.46. The predicted octanol–water partition coefficient (Wildman–Crippen LogP) is 3.96. The van der Waals surface area contributed by atoms with Crippen molar-refractivity contribution < 1.29 is 18.7 Å². The number of nitrogens with zero attached hydrogens (tertiary/aromatic N) is 2. The summed E-state index contributed by atoms with van der Waals surface area (Å²) >= 11 is 0. The molecule has 1 aliphatic heterocycles. The minimum atomic E-state index is -1.28. The van der Waals surface area contributed by atoms with Crippen molar-refractivity contribution in [2.24, 2.45) is 0 Å². The largest absolute Gasteiger partial charge is 0.485 e. The molecule has 0 bridgehead atoms. The summed E-state index contributed by atoms with van der Waals surface area (Å²) in [6, 6.07) is 9.38. The van der Waals surface area contributed by atoms with Gasteiger partial charge in [-0.05, 0) is 32.9 Å². The quantitative estimate of drug-likeness (QED) is 0.826. The lowest BCUT2D eigenvalue weighted by atomic mass is 10.1. The normalized spacial score (nSPS) is 21.2. The van der Waals surface area contributed by atoms with E-state index in [1.807, 2.05) is 24.3 Å². The molecule has 1 fully saturated rings. The Morgan fingerprint density at radius 1 is 1.28 bits per heavy atom. The van der Waals surface area contributed by atoms with Crippen LogP contribution in [0.5, 0.6) is 5.75 Å². The van der Waals surface area contributed by atoms with Gasteiger partial charge in [0.05, 0.1) is 6.54 Å². The summed E-state index contributed by atoms with van der Waals surface area (Å²) in [5, 5.41) is 0.946. The first-order chi connectivity index (χ1) is 11.8. The average molecular weight is 346 g/mol. The Morgan fingerprint density at radius 3 is 2.76 bits per heavy atom. The van der Waals surface area contributed by atoms with Gasteiger partial charge in [0, 0.05) is 24.5 Å². The molecule has 0 saturated carbocycles. The van der Waals surface area contributed by atoms with Crippen LogP contribution in [0.15, 0.2) is 36.5 Å². The van der Waals surface area contributed by atoms with E-state index in [2.05, 4.69) is 4.98 Å². The first kappa shape index (κ1) is 17.5. The van der Waals surface area contributed by atoms with E-state index >= 15 is 0 Å². The fourth-order valence-electron chi connectivity index (χ4n) is 2.84. The number of amides is 1. The van der Waals surface area contributed by atoms with Crippen LogP contribution in [-0.2, 0) is 4.74 Å². The van der Waals surface area contributed by atoms with Crippen molar-refractivity contribution in [3.8, 4) is 5.75 Å². The van der Waals surface area contributed by atoms with E-state index < -0.39 is 24.0 Å². The van der Waals surface area contributed by atoms with Crippen molar-refractivity contribution in [1.29, 1.82) is 0 Å². The first-order valence-electron chi connectivity index (χ1n) is 8.46. The zero-order valence-corrected chi connectivity index (χ0v) is 14.7. The number of rotatable bonds is 2. The third kappa shape index (κ3) is 4.18. The van der Waals surface area contributed by atoms with Gasteiger partial charge >= 0.3 is 6.09 Å². The van der Waals surface area contributed by atoms with E-state index in [0.717, 1.165) is 5.39 Å². The summed E-state index contributed by atoms with van der Waals surface area (Å²) in [7, 11) is 0. The molecule has 0 radical (unpaired) electrons. The molecule has 0 spiro atoms. The van der Waals surface area contributed by atoms with E-state index in [1.165, 1.54) is 4.90 Å². The summed E-state index contributed by atoms with van der Waals surface area (Å²) in [6.07, 6.45) is -0.274. The molecule has 2 atom stereocenters. The Labute approximate surface area is 146 Å². The van der Waals surface area contributed by atoms with Crippen LogP contribution in [-0.4, -0.2) is 46.9 Å². The fraction of sp³-hybridized carbons (Fsp3) is 0.474. The summed E-state index contributed by atoms with van der Waals surface area (Å²) in [4.78, 5) is 17.8. The number of fused-ring (bicyclic) bond motifs is 1. The maximum atomic E-state index is 14.6. The Bertz CT molecular complexity index is 754. The number of para-hydroxylation sites is 1. The number of hydrogen-bond acceptors (Lipinski definition) is 4. The predicted molar refractivity (Wildman–Crippen MR) is 93.5 cm³/mol. The molecule has 5 nitrogen and oxygen atoms in total. The van der Waals surface area contributed by atoms with Gasteiger partial charge in [-0.25, -0.2) is 9.18 Å². The summed E-state index contributed by atoms with van der Waals surface area (Å²) in [5.74, 6) is 0.566. The average Bonchev–Trinajstić information content (AvgIpc) is 2.55. The Balaban J connectivity index is 1.67. The highest BCUT2D eigenvalue weighted by molar-refractivity contribution is 5.84. The summed E-state index contributed by atoms with van der Waals surface area (Å²) in [5.41, 5.74) is 0.122. The number of carbonyl (C=O) groups excluding carboxylic acids is 1. The lowest BCUT2D eigenvalue weighted by molar-refractivity contribution is -0.0102. The number of halogens is 1. The molecule has 2 aromatic rings. The van der Waals surface area contributed by atoms with Gasteiger partial charge in [0.2, 0.25) is 0 Å². The minimum absolute atomic E-state index is 0.0300. The monoisotopic (exact) mass is 346 g/mol. The Hall–Kier alpha value is -2.37. The van der Waals surface area contributed by atoms with Crippen LogP contribution in [0.4, 0.5) is 9.18 Å². The van der Waals surface area contributed by atoms with E-state index in [4.69, 9.17) is 9.47 Å². The van der Waals surface area contributed by atoms with Crippen molar-refractivity contribution in [3.05, 3.63) is 36.5 Å². The van der Waals surface area contributed by atoms with Gasteiger partial charge in [0.15, 0.2) is 6.17 Å². The van der Waals surface area contributed by atoms with Crippen molar-refractivity contribution >= 4 is 17.0 Å². The van der Waals surface area contributed by atoms with Gasteiger partial charge in [-0.1, -0.05) is 18.2 Å². The molecule has 0 unspecified atom stereocenters. The molecule has 1 aromatic carbocycles. The van der Waals surface area contributed by atoms with Crippen LogP contribution in [0.2, 0.25) is 0 Å². The van der Waals surface area contributed by atoms with E-state index in [1.54, 1.807) is 33.0 Å². The number of piperidine rings is 1. The van der Waals surface area contributed by atoms with Crippen molar-refractivity contribution in [3.63, 3.8) is 0 Å². The number of carbonyl (C=O) groups is 1. The second-order valence-corrected chi connectivity index (χ2v) is 7.22. The highest BCUT2D eigenvalue weighted by Crippen LogP contribution is 2.27. The highest BCUT2D eigenvalue weighted by atomic mass is 19.1. The molecular weight excluding hydrogens is 323 g/mol. The third-order valence-electron chi connectivity index (χ3n) is 4.01. The smallest absolute Gasteiger partial charge is 0.410 e. The SMILES string of the molecule is CC(C)(C)OC(=O)N1CC[C@@H](Oc2cccc3cccnc23)[C@H](F)C1. The highest BCUT2D eigenvalue weighted by Gasteiger charge is 2.35. The van der Waals surface area contributed by atoms with E-state index in [9.17, 15) is 9.18 Å². The van der Waals surface area contributed by atoms with E-state index in [0.29, 0.717) is 24.2 Å². The van der Waals surface area contributed by atoms with Crippen LogP contribution in [0.1, 0.15) is 27.2 Å². The van der Waals surface area contributed by atoms with Gasteiger partial charge in [0.25, 0.3) is 0 Å². The number of likely N-dealkylation sites (tertiary alicyclic amines) is 1. The van der Waals surface area contributed by atoms with Crippen LogP contribution < -0.4 is 4.74 Å². The van der Waals surface area contributed by atoms with Crippen molar-refractivity contribution in [2.75, 3.05) is 13.1 Å². The molecule has 1 aliphatic rings. The lowest BCUT2D eigenvalue weighted by Gasteiger charge is -2.35. The minimum Gasteiger partial charge on any atom is -0.485 e. The van der Waals surface area contributed by atoms with Crippen LogP contribution >= 0.6 is 0 Å². The number of hydrogen-bond donors (Lipinski definition) is 0. The van der Waals surface area contributed by atoms with Gasteiger partial charge in [0.1, 0.15) is 23.0 Å². The molecule has 6 heteroatoms. The topological polar surface area (TPSA) is 51.7 Å². The van der Waals surface area contributed by atoms with E-state index in [-0.39, 0.29) is 6.54 Å². The molecule has 1 aromatic heterocycles. The van der Waals surface area contributed by atoms with Crippen LogP contribution in [0.25, 0.3) is 10.9 Å². The fourth-order valence-corrected chi connectivity index (χ4v) is 2.84. The molecular formula is C19H23FN2O3. The number of aromatic nitrogens is 1.